The highest BCUT2D eigenvalue weighted by atomic mass is 16.5. The molecule has 22 bridgehead atoms. The molecule has 146 heavy (non-hydrogen) atoms. The van der Waals surface area contributed by atoms with Crippen LogP contribution >= 0.6 is 0 Å². The summed E-state index contributed by atoms with van der Waals surface area (Å²) in [6.07, 6.45) is 31.3. The predicted molar refractivity (Wildman–Crippen MR) is 602 cm³/mol. The quantitative estimate of drug-likeness (QED) is 0.265. The largest absolute Gasteiger partial charge is 0.378 e. The molecule has 3 aliphatic carbocycles. The molecule has 0 aromatic heterocycles. The van der Waals surface area contributed by atoms with E-state index in [4.69, 9.17) is 33.2 Å². The number of hydrogen-bond acceptors (Lipinski definition) is 20. The first-order valence-electron chi connectivity index (χ1n) is 59.0. The average molecular weight is 2050 g/mol. The molecule has 23 nitrogen and oxygen atoms in total. The second-order valence-corrected chi connectivity index (χ2v) is 61.0. The van der Waals surface area contributed by atoms with Gasteiger partial charge in [-0.15, -0.1) is 0 Å². The van der Waals surface area contributed by atoms with Gasteiger partial charge in [-0.3, -0.25) is 43.8 Å². The third-order valence-electron chi connectivity index (χ3n) is 40.1. The normalized spacial score (nSPS) is 37.6. The van der Waals surface area contributed by atoms with E-state index in [9.17, 15) is 14.4 Å². The van der Waals surface area contributed by atoms with E-state index in [0.29, 0.717) is 134 Å². The Bertz CT molecular complexity index is 4130. The summed E-state index contributed by atoms with van der Waals surface area (Å²) < 4.78 is 40.6. The van der Waals surface area contributed by atoms with E-state index in [2.05, 4.69) is 311 Å². The minimum Gasteiger partial charge on any atom is -0.378 e. The number of piperidine rings is 7. The van der Waals surface area contributed by atoms with Crippen LogP contribution in [0.25, 0.3) is 0 Å². The maximum atomic E-state index is 11.6. The fourth-order valence-electron chi connectivity index (χ4n) is 32.7. The number of hydrogen-bond donors (Lipinski definition) is 1. The maximum absolute atomic E-state index is 11.6. The summed E-state index contributed by atoms with van der Waals surface area (Å²) in [6.45, 7) is 103. The van der Waals surface area contributed by atoms with Crippen LogP contribution in [-0.2, 0) is 47.5 Å². The minimum absolute atomic E-state index is 0.0149. The number of likely N-dealkylation sites (tertiary alicyclic amines) is 4. The van der Waals surface area contributed by atoms with Crippen molar-refractivity contribution in [3.63, 3.8) is 0 Å². The highest BCUT2D eigenvalue weighted by Gasteiger charge is 2.66. The molecule has 20 saturated heterocycles. The van der Waals surface area contributed by atoms with Gasteiger partial charge >= 0.3 is 0 Å². The van der Waals surface area contributed by atoms with Crippen LogP contribution in [0, 0.1) is 67.5 Å². The highest BCUT2D eigenvalue weighted by molar-refractivity contribution is 5.75. The number of morpholine rings is 3. The van der Waals surface area contributed by atoms with E-state index in [1.54, 1.807) is 31.9 Å². The first-order valence-corrected chi connectivity index (χ1v) is 59.0. The van der Waals surface area contributed by atoms with Crippen LogP contribution in [0.4, 0.5) is 0 Å². The van der Waals surface area contributed by atoms with E-state index in [1.165, 1.54) is 162 Å². The van der Waals surface area contributed by atoms with Gasteiger partial charge in [-0.25, -0.2) is 0 Å². The fourth-order valence-corrected chi connectivity index (χ4v) is 32.7. The highest BCUT2D eigenvalue weighted by Crippen LogP contribution is 2.61. The van der Waals surface area contributed by atoms with Crippen molar-refractivity contribution >= 4 is 17.7 Å². The molecular weight excluding hydrogens is 1820 g/mol. The average Bonchev–Trinajstić information content (AvgIpc) is 1.55. The van der Waals surface area contributed by atoms with Gasteiger partial charge in [-0.05, 0) is 298 Å². The van der Waals surface area contributed by atoms with Crippen molar-refractivity contribution in [3.05, 3.63) is 23.3 Å². The molecule has 0 spiro atoms. The van der Waals surface area contributed by atoms with Crippen LogP contribution in [0.2, 0.25) is 0 Å². The van der Waals surface area contributed by atoms with Crippen molar-refractivity contribution in [2.24, 2.45) is 67.5 Å². The zero-order chi connectivity index (χ0) is 109. The smallest absolute Gasteiger partial charge is 0.219 e. The van der Waals surface area contributed by atoms with Crippen molar-refractivity contribution in [2.75, 3.05) is 174 Å². The van der Waals surface area contributed by atoms with Crippen LogP contribution in [0.5, 0.6) is 0 Å². The Balaban J connectivity index is 0.000000143. The van der Waals surface area contributed by atoms with Crippen molar-refractivity contribution in [1.82, 2.24) is 64.1 Å². The molecular formula is C123H227N13O10. The zero-order valence-corrected chi connectivity index (χ0v) is 102. The van der Waals surface area contributed by atoms with E-state index in [-0.39, 0.29) is 50.8 Å². The van der Waals surface area contributed by atoms with Gasteiger partial charge in [-0.1, -0.05) is 148 Å². The van der Waals surface area contributed by atoms with Gasteiger partial charge in [0, 0.05) is 258 Å². The van der Waals surface area contributed by atoms with Gasteiger partial charge in [0.1, 0.15) is 0 Å². The van der Waals surface area contributed by atoms with E-state index in [0.717, 1.165) is 128 Å². The number of methoxy groups -OCH3 is 3. The molecule has 3 amide bonds. The summed E-state index contributed by atoms with van der Waals surface area (Å²) in [7, 11) is 12.3. The molecule has 17 unspecified atom stereocenters. The summed E-state index contributed by atoms with van der Waals surface area (Å²) in [5.41, 5.74) is 7.16. The Morgan fingerprint density at radius 3 is 1.17 bits per heavy atom. The Kier molecular flexibility index (Phi) is 38.7. The number of likely N-dealkylation sites (N-methyl/N-ethyl adjacent to an activating group) is 3. The second-order valence-electron chi connectivity index (χ2n) is 61.0. The standard InChI is InChI=1S/C14H25NO2.2C13H23NO2.C12H20O.C11H22N2.C11H19NO.2C10H20N2.C10H19NO.C10H19N.C9H17NO/c1-10(16)15-8-11-6-7-12(9-15)14(11,17-5)13(2,3)4;1-9(15)14-8-10-6-11(14)7-13(10,16-5)12(2,3)4;1-9(15)14-7-10-6-11(8-14)13(10,16-5)12(2,3)4;1-12(2,3)9-7-10-5-4-6-11(8-9)13-10;1-11(2,3)13-9-5-6-10(13)8-12(4)7-9;1-11(2,3)8-4-9-6-12-7-10(5-8)13-9;1-10(2,3)12-6-8-5-9(7-12)11(8)4;1-10(2,3)12-8-5-9(12)7-11(4)6-8;1-10(2,3)11-8-4-5-9(11)7-12-6-8;1-9(2,3)10-4-6-11(8-10)7-5-10;1-9(2,3)10-5-8-4-7(10)6-11-8/h11-12H,6-9H2,1-5H3;2*10-11H,6-8H2,1-5H3;7,10-11H,4-6,8H2,1-3H3;9-10H,5-8H2,1-4H3;4,9-10,12H,5-7H2,1-3H3;2*8-9H,5-7H2,1-4H3;8-9H,4-7H2,1-3H3;4-8H2,1-3H3;7-8H,4-6H2,1-3H3/t;;;10-,11+;;9-,10+;;;;;/m...0.0...../s1. The maximum Gasteiger partial charge on any atom is 0.219 e. The van der Waals surface area contributed by atoms with Crippen molar-refractivity contribution < 1.29 is 47.5 Å². The summed E-state index contributed by atoms with van der Waals surface area (Å²) in [6, 6.07) is 7.54. The number of carbonyl (C=O) groups is 3. The fraction of sp³-hybridized carbons (Fsp3) is 0.943. The van der Waals surface area contributed by atoms with Gasteiger partial charge in [0.05, 0.1) is 67.1 Å². The first-order chi connectivity index (χ1) is 67.2. The lowest BCUT2D eigenvalue weighted by atomic mass is 9.49. The number of rotatable bonds is 3. The van der Waals surface area contributed by atoms with Crippen LogP contribution in [0.15, 0.2) is 23.3 Å². The molecule has 3 saturated carbocycles. The molecule has 1 N–H and O–H groups in total. The number of carbonyl (C=O) groups excluding carboxylic acids is 3. The Labute approximate surface area is 895 Å². The van der Waals surface area contributed by atoms with E-state index in [1.807, 2.05) is 36.0 Å². The monoisotopic (exact) mass is 2050 g/mol. The molecule has 0 radical (unpaired) electrons. The predicted octanol–water partition coefficient (Wildman–Crippen LogP) is 20.2. The van der Waals surface area contributed by atoms with Gasteiger partial charge in [-0.2, -0.15) is 0 Å². The molecule has 25 aliphatic rings. The number of piperazine rings is 3. The van der Waals surface area contributed by atoms with Crippen molar-refractivity contribution in [2.45, 2.75) is 507 Å². The molecule has 22 aliphatic heterocycles. The Morgan fingerprint density at radius 2 is 0.822 bits per heavy atom. The minimum atomic E-state index is -0.0427. The molecule has 23 fully saturated rings. The summed E-state index contributed by atoms with van der Waals surface area (Å²) in [5, 5.41) is 3.39. The third kappa shape index (κ3) is 27.4. The second kappa shape index (κ2) is 46.4. The SMILES string of the molecule is CC(C)(C)C12CCN(CC1)C2.CC(C)(C)C1=C[C@@H]2CCC[C@H](C1)O2.CC(C)(C)C1=C[C@H]2CNC[C@@H](C1)O2.CC(C)(C)N1C2CCC1COC2.CC(C)(C)N1CC2CC1CO2.CN1C2CC1CN(C(C)(C)C)C2.CN1CC2CC(C1)N2C(C)(C)C.CN1CC2CCC(C1)N2C(C)(C)C.COC1(C(C)(C)C)C2CC1CN(C(C)=O)C2.COC1(C(C)(C)C)C2CCC1CN(C(C)=O)C2.COC1(C(C)(C)C)CC2CC1CN2C(C)=O. The lowest BCUT2D eigenvalue weighted by molar-refractivity contribution is -0.261. The van der Waals surface area contributed by atoms with E-state index < -0.39 is 0 Å². The molecule has 25 rings (SSSR count). The number of nitrogens with one attached hydrogen (secondary N) is 1. The van der Waals surface area contributed by atoms with Gasteiger partial charge in [0.2, 0.25) is 17.7 Å². The van der Waals surface area contributed by atoms with Crippen LogP contribution in [0.1, 0.15) is 371 Å². The van der Waals surface area contributed by atoms with Crippen LogP contribution < -0.4 is 5.32 Å². The summed E-state index contributed by atoms with van der Waals surface area (Å²) in [4.78, 5) is 63.8. The van der Waals surface area contributed by atoms with Gasteiger partial charge < -0.3 is 67.9 Å². The topological polar surface area (TPSA) is 167 Å². The Morgan fingerprint density at radius 1 is 0.377 bits per heavy atom. The van der Waals surface area contributed by atoms with E-state index >= 15 is 0 Å². The molecule has 844 valence electrons. The molecule has 0 aromatic carbocycles. The lowest BCUT2D eigenvalue weighted by Gasteiger charge is -2.66. The molecule has 0 aromatic rings. The Hall–Kier alpha value is -2.79. The van der Waals surface area contributed by atoms with Crippen molar-refractivity contribution in [3.8, 4) is 0 Å². The number of fused-ring (bicyclic) bond motifs is 22. The third-order valence-corrected chi connectivity index (χ3v) is 40.1. The van der Waals surface area contributed by atoms with Gasteiger partial charge in [0.25, 0.3) is 0 Å². The molecule has 21 atom stereocenters. The van der Waals surface area contributed by atoms with Crippen molar-refractivity contribution in [1.29, 1.82) is 0 Å². The zero-order valence-electron chi connectivity index (χ0n) is 102. The number of ether oxygens (including phenoxy) is 7. The number of amides is 3. The lowest BCUT2D eigenvalue weighted by Crippen LogP contribution is -2.73. The molecule has 22 heterocycles. The van der Waals surface area contributed by atoms with Crippen LogP contribution in [0.3, 0.4) is 0 Å². The molecule has 23 heteroatoms. The first kappa shape index (κ1) is 122. The summed E-state index contributed by atoms with van der Waals surface area (Å²) >= 11 is 0. The number of nitrogens with zero attached hydrogens (tertiary/aromatic N) is 12. The summed E-state index contributed by atoms with van der Waals surface area (Å²) in [5.74, 6) is 3.15. The van der Waals surface area contributed by atoms with Gasteiger partial charge in [0.15, 0.2) is 0 Å². The van der Waals surface area contributed by atoms with Crippen LogP contribution in [-0.4, -0.2) is 386 Å².